The number of aryl methyl sites for hydroxylation is 1. The standard InChI is InChI=1S/C37H42Cl2F3N5O5/c1-45-22-10-11-23(45)18-24(17-22)46-13-15-47(16-14-46)30(48)19-29-33(36(51)52)34(31-25(38)6-4-7-26(31)39)32(35(49)50)28(44-29)12-9-21-5-2-3-8-27(21)43-20-37(40,41)42/h2-8,22-24,34,43-44H,9-20H2,1H3,(H,49,50)(H,51,52). The van der Waals surface area contributed by atoms with Gasteiger partial charge in [-0.2, -0.15) is 13.2 Å². The van der Waals surface area contributed by atoms with Crippen molar-refractivity contribution in [3.05, 3.63) is 86.2 Å². The largest absolute Gasteiger partial charge is 0.478 e. The summed E-state index contributed by atoms with van der Waals surface area (Å²) in [5, 5.41) is 26.7. The molecule has 4 N–H and O–H groups in total. The van der Waals surface area contributed by atoms with Gasteiger partial charge < -0.3 is 30.6 Å². The van der Waals surface area contributed by atoms with Crippen LogP contribution in [0.5, 0.6) is 0 Å². The van der Waals surface area contributed by atoms with E-state index in [0.717, 1.165) is 12.8 Å². The van der Waals surface area contributed by atoms with Crippen LogP contribution in [0, 0.1) is 0 Å². The predicted molar refractivity (Wildman–Crippen MR) is 191 cm³/mol. The van der Waals surface area contributed by atoms with Crippen molar-refractivity contribution >= 4 is 46.7 Å². The Labute approximate surface area is 310 Å². The van der Waals surface area contributed by atoms with Crippen LogP contribution in [-0.4, -0.2) is 107 Å². The maximum absolute atomic E-state index is 13.9. The third-order valence-corrected chi connectivity index (χ3v) is 11.7. The van der Waals surface area contributed by atoms with E-state index in [1.807, 2.05) is 0 Å². The molecule has 3 atom stereocenters. The lowest BCUT2D eigenvalue weighted by atomic mass is 9.78. The molecule has 280 valence electrons. The molecule has 3 saturated heterocycles. The molecule has 1 amide bonds. The van der Waals surface area contributed by atoms with Crippen LogP contribution in [0.25, 0.3) is 0 Å². The summed E-state index contributed by atoms with van der Waals surface area (Å²) >= 11 is 13.2. The van der Waals surface area contributed by atoms with Gasteiger partial charge in [-0.1, -0.05) is 47.5 Å². The first-order valence-corrected chi connectivity index (χ1v) is 18.2. The van der Waals surface area contributed by atoms with Crippen molar-refractivity contribution in [1.29, 1.82) is 0 Å². The molecule has 0 saturated carbocycles. The van der Waals surface area contributed by atoms with Gasteiger partial charge in [-0.05, 0) is 69.3 Å². The molecule has 15 heteroatoms. The molecular formula is C37H42Cl2F3N5O5. The summed E-state index contributed by atoms with van der Waals surface area (Å²) in [5.74, 6) is -4.65. The van der Waals surface area contributed by atoms with Crippen LogP contribution in [0.3, 0.4) is 0 Å². The maximum Gasteiger partial charge on any atom is 0.405 e. The highest BCUT2D eigenvalue weighted by atomic mass is 35.5. The number of carboxylic acids is 2. The topological polar surface area (TPSA) is 125 Å². The maximum atomic E-state index is 13.9. The number of benzene rings is 2. The van der Waals surface area contributed by atoms with Gasteiger partial charge in [0.25, 0.3) is 0 Å². The van der Waals surface area contributed by atoms with E-state index in [2.05, 4.69) is 27.5 Å². The van der Waals surface area contributed by atoms with Crippen LogP contribution in [0.4, 0.5) is 18.9 Å². The summed E-state index contributed by atoms with van der Waals surface area (Å²) in [5.41, 5.74) is 0.201. The van der Waals surface area contributed by atoms with Crippen LogP contribution in [0.2, 0.25) is 10.0 Å². The van der Waals surface area contributed by atoms with E-state index in [1.165, 1.54) is 31.0 Å². The second-order valence-electron chi connectivity index (χ2n) is 14.0. The van der Waals surface area contributed by atoms with E-state index in [1.54, 1.807) is 29.2 Å². The molecule has 3 unspecified atom stereocenters. The molecule has 0 radical (unpaired) electrons. The Balaban J connectivity index is 1.27. The summed E-state index contributed by atoms with van der Waals surface area (Å²) in [4.78, 5) is 46.6. The fourth-order valence-corrected chi connectivity index (χ4v) is 8.99. The Morgan fingerprint density at radius 3 is 2.04 bits per heavy atom. The molecule has 4 heterocycles. The number of piperazine rings is 1. The lowest BCUT2D eigenvalue weighted by Crippen LogP contribution is -2.56. The SMILES string of the molecule is CN1C2CCC1CC(N1CCN(C(=O)CC3=C(C(=O)O)C(c4c(Cl)cccc4Cl)C(C(=O)O)=C(CCc4ccccc4NCC(F)(F)F)N3)CC1)C2. The third kappa shape index (κ3) is 8.22. The number of carboxylic acid groups (broad SMARTS) is 2. The molecule has 10 nitrogen and oxygen atoms in total. The van der Waals surface area contributed by atoms with Crippen LogP contribution in [-0.2, 0) is 20.8 Å². The van der Waals surface area contributed by atoms with Crippen molar-refractivity contribution in [2.45, 2.75) is 75.2 Å². The van der Waals surface area contributed by atoms with Gasteiger partial charge in [0, 0.05) is 77.0 Å². The number of carbonyl (C=O) groups excluding carboxylic acids is 1. The Hall–Kier alpha value is -3.78. The van der Waals surface area contributed by atoms with E-state index >= 15 is 0 Å². The molecule has 2 aromatic rings. The molecule has 0 aromatic heterocycles. The average Bonchev–Trinajstić information content (AvgIpc) is 3.28. The minimum atomic E-state index is -4.46. The molecule has 2 aromatic carbocycles. The molecular weight excluding hydrogens is 722 g/mol. The fourth-order valence-electron chi connectivity index (χ4n) is 8.37. The van der Waals surface area contributed by atoms with Gasteiger partial charge >= 0.3 is 18.1 Å². The minimum Gasteiger partial charge on any atom is -0.478 e. The van der Waals surface area contributed by atoms with E-state index in [4.69, 9.17) is 23.2 Å². The van der Waals surface area contributed by atoms with Gasteiger partial charge in [0.1, 0.15) is 6.54 Å². The minimum absolute atomic E-state index is 0.0105. The lowest BCUT2D eigenvalue weighted by molar-refractivity contribution is -0.133. The van der Waals surface area contributed by atoms with Crippen molar-refractivity contribution in [3.63, 3.8) is 0 Å². The van der Waals surface area contributed by atoms with Crippen molar-refractivity contribution in [1.82, 2.24) is 20.0 Å². The number of piperidine rings is 1. The highest BCUT2D eigenvalue weighted by Crippen LogP contribution is 2.45. The van der Waals surface area contributed by atoms with E-state index in [0.29, 0.717) is 49.9 Å². The molecule has 2 bridgehead atoms. The second-order valence-corrected chi connectivity index (χ2v) is 14.8. The molecule has 52 heavy (non-hydrogen) atoms. The number of halogens is 5. The van der Waals surface area contributed by atoms with Crippen LogP contribution in [0.1, 0.15) is 55.6 Å². The Morgan fingerprint density at radius 2 is 1.44 bits per heavy atom. The Morgan fingerprint density at radius 1 is 0.846 bits per heavy atom. The number of para-hydroxylation sites is 1. The summed E-state index contributed by atoms with van der Waals surface area (Å²) in [6, 6.07) is 12.5. The number of dihydropyridines is 1. The zero-order valence-electron chi connectivity index (χ0n) is 28.7. The first kappa shape index (κ1) is 38.0. The van der Waals surface area contributed by atoms with Gasteiger partial charge in [0.2, 0.25) is 5.91 Å². The Bertz CT molecular complexity index is 1740. The molecule has 3 fully saturated rings. The molecule has 0 spiro atoms. The lowest BCUT2D eigenvalue weighted by Gasteiger charge is -2.45. The van der Waals surface area contributed by atoms with Gasteiger partial charge in [0.05, 0.1) is 23.5 Å². The highest BCUT2D eigenvalue weighted by Gasteiger charge is 2.43. The van der Waals surface area contributed by atoms with Crippen LogP contribution < -0.4 is 10.6 Å². The van der Waals surface area contributed by atoms with Crippen LogP contribution in [0.15, 0.2) is 65.0 Å². The van der Waals surface area contributed by atoms with Gasteiger partial charge in [-0.25, -0.2) is 9.59 Å². The highest BCUT2D eigenvalue weighted by molar-refractivity contribution is 6.36. The number of allylic oxidation sites excluding steroid dienone is 1. The summed E-state index contributed by atoms with van der Waals surface area (Å²) in [7, 11) is 2.20. The van der Waals surface area contributed by atoms with Crippen molar-refractivity contribution in [2.75, 3.05) is 45.1 Å². The number of hydrogen-bond donors (Lipinski definition) is 4. The molecule has 4 aliphatic heterocycles. The van der Waals surface area contributed by atoms with E-state index in [9.17, 15) is 37.8 Å². The van der Waals surface area contributed by atoms with Crippen molar-refractivity contribution in [3.8, 4) is 0 Å². The quantitative estimate of drug-likeness (QED) is 0.214. The zero-order chi connectivity index (χ0) is 37.3. The summed E-state index contributed by atoms with van der Waals surface area (Å²) in [6.07, 6.45) is -0.112. The number of amides is 1. The number of nitrogens with zero attached hydrogens (tertiary/aromatic N) is 3. The summed E-state index contributed by atoms with van der Waals surface area (Å²) < 4.78 is 39.1. The number of anilines is 1. The van der Waals surface area contributed by atoms with Crippen molar-refractivity contribution < 1.29 is 37.8 Å². The smallest absolute Gasteiger partial charge is 0.405 e. The number of nitrogens with one attached hydrogen (secondary N) is 2. The molecule has 0 aliphatic carbocycles. The fraction of sp³-hybridized carbons (Fsp3) is 0.486. The molecule has 4 aliphatic rings. The number of hydrogen-bond acceptors (Lipinski definition) is 7. The second kappa shape index (κ2) is 15.7. The first-order valence-electron chi connectivity index (χ1n) is 17.5. The number of fused-ring (bicyclic) bond motifs is 2. The monoisotopic (exact) mass is 763 g/mol. The average molecular weight is 765 g/mol. The first-order chi connectivity index (χ1) is 24.7. The normalized spacial score (nSPS) is 24.2. The summed E-state index contributed by atoms with van der Waals surface area (Å²) in [6.45, 7) is 1.09. The van der Waals surface area contributed by atoms with Crippen molar-refractivity contribution in [2.24, 2.45) is 0 Å². The number of rotatable bonds is 11. The predicted octanol–water partition coefficient (Wildman–Crippen LogP) is 6.12. The Kier molecular flexibility index (Phi) is 11.4. The molecule has 6 rings (SSSR count). The van der Waals surface area contributed by atoms with Crippen LogP contribution >= 0.6 is 23.2 Å². The third-order valence-electron chi connectivity index (χ3n) is 11.0. The van der Waals surface area contributed by atoms with E-state index < -0.39 is 30.6 Å². The van der Waals surface area contributed by atoms with Gasteiger partial charge in [-0.3, -0.25) is 9.69 Å². The zero-order valence-corrected chi connectivity index (χ0v) is 30.2. The van der Waals surface area contributed by atoms with Gasteiger partial charge in [-0.15, -0.1) is 0 Å². The van der Waals surface area contributed by atoms with E-state index in [-0.39, 0.29) is 69.0 Å². The number of alkyl halides is 3. The number of aliphatic carboxylic acids is 2. The number of carbonyl (C=O) groups is 3. The van der Waals surface area contributed by atoms with Gasteiger partial charge in [0.15, 0.2) is 0 Å².